The first-order chi connectivity index (χ1) is 6.99. The van der Waals surface area contributed by atoms with Gasteiger partial charge in [-0.25, -0.2) is 13.6 Å². The topological polar surface area (TPSA) is 59.4 Å². The summed E-state index contributed by atoms with van der Waals surface area (Å²) < 4.78 is 29.6. The van der Waals surface area contributed by atoms with Gasteiger partial charge in [0.25, 0.3) is 6.43 Å². The largest absolute Gasteiger partial charge is 0.494 e. The van der Waals surface area contributed by atoms with E-state index in [1.165, 1.54) is 0 Å². The van der Waals surface area contributed by atoms with Crippen molar-refractivity contribution in [2.75, 3.05) is 7.11 Å². The minimum atomic E-state index is -2.88. The molecular weight excluding hydrogens is 276 g/mol. The van der Waals surface area contributed by atoms with Crippen molar-refractivity contribution >= 4 is 21.9 Å². The summed E-state index contributed by atoms with van der Waals surface area (Å²) in [4.78, 5) is 14.2. The molecule has 0 unspecified atom stereocenters. The highest BCUT2D eigenvalue weighted by Gasteiger charge is 2.24. The smallest absolute Gasteiger partial charge is 0.340 e. The van der Waals surface area contributed by atoms with Crippen molar-refractivity contribution in [3.63, 3.8) is 0 Å². The summed E-state index contributed by atoms with van der Waals surface area (Å²) in [5.74, 6) is -1.78. The zero-order chi connectivity index (χ0) is 11.6. The van der Waals surface area contributed by atoms with Crippen molar-refractivity contribution in [2.24, 2.45) is 0 Å². The van der Waals surface area contributed by atoms with E-state index in [0.717, 1.165) is 13.3 Å². The minimum absolute atomic E-state index is 0.0938. The molecule has 0 aromatic carbocycles. The molecule has 0 fully saturated rings. The van der Waals surface area contributed by atoms with Crippen LogP contribution in [0.15, 0.2) is 10.7 Å². The summed E-state index contributed by atoms with van der Waals surface area (Å²) in [6.07, 6.45) is -1.88. The molecule has 0 bridgehead atoms. The van der Waals surface area contributed by atoms with Gasteiger partial charge in [0, 0.05) is 6.20 Å². The number of carbonyl (C=O) groups is 1. The SMILES string of the molecule is COc1c(C(F)F)ncc(Br)c1C(=O)O. The molecule has 82 valence electrons. The standard InChI is InChI=1S/C8H6BrF2NO3/c1-15-6-4(8(13)14)3(9)2-12-5(6)7(10)11/h2,7H,1H3,(H,13,14). The second-order valence-electron chi connectivity index (χ2n) is 2.51. The molecule has 0 saturated heterocycles. The van der Waals surface area contributed by atoms with E-state index in [4.69, 9.17) is 5.11 Å². The van der Waals surface area contributed by atoms with E-state index in [2.05, 4.69) is 25.7 Å². The highest BCUT2D eigenvalue weighted by Crippen LogP contribution is 2.34. The number of rotatable bonds is 3. The number of carboxylic acid groups (broad SMARTS) is 1. The number of methoxy groups -OCH3 is 1. The molecule has 1 N–H and O–H groups in total. The Labute approximate surface area is 92.0 Å². The quantitative estimate of drug-likeness (QED) is 0.925. The Morgan fingerprint density at radius 3 is 2.67 bits per heavy atom. The van der Waals surface area contributed by atoms with Crippen LogP contribution in [0.2, 0.25) is 0 Å². The zero-order valence-corrected chi connectivity index (χ0v) is 9.09. The molecule has 1 aromatic rings. The maximum absolute atomic E-state index is 12.4. The number of nitrogens with zero attached hydrogens (tertiary/aromatic N) is 1. The highest BCUT2D eigenvalue weighted by atomic mass is 79.9. The van der Waals surface area contributed by atoms with Crippen molar-refractivity contribution in [3.8, 4) is 5.75 Å². The fourth-order valence-corrected chi connectivity index (χ4v) is 1.50. The molecule has 4 nitrogen and oxygen atoms in total. The first-order valence-electron chi connectivity index (χ1n) is 3.72. The Balaban J connectivity index is 3.47. The second-order valence-corrected chi connectivity index (χ2v) is 3.36. The Morgan fingerprint density at radius 1 is 1.67 bits per heavy atom. The lowest BCUT2D eigenvalue weighted by Gasteiger charge is -2.10. The van der Waals surface area contributed by atoms with Gasteiger partial charge in [0.2, 0.25) is 0 Å². The maximum atomic E-state index is 12.4. The Bertz CT molecular complexity index is 398. The zero-order valence-electron chi connectivity index (χ0n) is 7.50. The molecule has 0 saturated carbocycles. The van der Waals surface area contributed by atoms with Crippen molar-refractivity contribution in [1.82, 2.24) is 4.98 Å². The van der Waals surface area contributed by atoms with Gasteiger partial charge in [-0.05, 0) is 15.9 Å². The van der Waals surface area contributed by atoms with E-state index in [-0.39, 0.29) is 10.0 Å². The van der Waals surface area contributed by atoms with Crippen molar-refractivity contribution in [3.05, 3.63) is 21.9 Å². The molecule has 0 spiro atoms. The second kappa shape index (κ2) is 4.52. The van der Waals surface area contributed by atoms with Gasteiger partial charge in [0.1, 0.15) is 11.3 Å². The molecule has 7 heteroatoms. The monoisotopic (exact) mass is 281 g/mol. The van der Waals surface area contributed by atoms with Crippen LogP contribution in [-0.2, 0) is 0 Å². The van der Waals surface area contributed by atoms with Crippen LogP contribution in [0.4, 0.5) is 8.78 Å². The number of aromatic carboxylic acids is 1. The fourth-order valence-electron chi connectivity index (χ4n) is 1.05. The van der Waals surface area contributed by atoms with Crippen molar-refractivity contribution in [2.45, 2.75) is 6.43 Å². The molecule has 1 heterocycles. The van der Waals surface area contributed by atoms with Crippen molar-refractivity contribution in [1.29, 1.82) is 0 Å². The maximum Gasteiger partial charge on any atom is 0.340 e. The molecule has 15 heavy (non-hydrogen) atoms. The van der Waals surface area contributed by atoms with Gasteiger partial charge in [-0.2, -0.15) is 0 Å². The third-order valence-corrected chi connectivity index (χ3v) is 2.24. The van der Waals surface area contributed by atoms with Crippen LogP contribution in [0.5, 0.6) is 5.75 Å². The summed E-state index contributed by atoms with van der Waals surface area (Å²) >= 11 is 2.90. The molecule has 0 aliphatic carbocycles. The van der Waals surface area contributed by atoms with Gasteiger partial charge in [0.15, 0.2) is 5.75 Å². The Kier molecular flexibility index (Phi) is 3.57. The predicted octanol–water partition coefficient (Wildman–Crippen LogP) is 2.49. The number of hydrogen-bond acceptors (Lipinski definition) is 3. The first kappa shape index (κ1) is 11.8. The summed E-state index contributed by atoms with van der Waals surface area (Å²) in [5, 5.41) is 8.80. The summed E-state index contributed by atoms with van der Waals surface area (Å²) in [5.41, 5.74) is -1.04. The van der Waals surface area contributed by atoms with Crippen LogP contribution >= 0.6 is 15.9 Å². The van der Waals surface area contributed by atoms with Crippen LogP contribution in [0, 0.1) is 0 Å². The Hall–Kier alpha value is -1.24. The lowest BCUT2D eigenvalue weighted by atomic mass is 10.2. The number of ether oxygens (including phenoxy) is 1. The summed E-state index contributed by atoms with van der Waals surface area (Å²) in [7, 11) is 1.11. The molecule has 0 amide bonds. The van der Waals surface area contributed by atoms with Crippen molar-refractivity contribution < 1.29 is 23.4 Å². The lowest BCUT2D eigenvalue weighted by molar-refractivity contribution is 0.0690. The van der Waals surface area contributed by atoms with E-state index >= 15 is 0 Å². The van der Waals surface area contributed by atoms with Gasteiger partial charge < -0.3 is 9.84 Å². The van der Waals surface area contributed by atoms with Gasteiger partial charge in [0.05, 0.1) is 11.6 Å². The highest BCUT2D eigenvalue weighted by molar-refractivity contribution is 9.10. The van der Waals surface area contributed by atoms with Crippen LogP contribution < -0.4 is 4.74 Å². The molecule has 0 aliphatic heterocycles. The van der Waals surface area contributed by atoms with E-state index < -0.39 is 23.8 Å². The third kappa shape index (κ3) is 2.23. The normalized spacial score (nSPS) is 10.5. The van der Waals surface area contributed by atoms with Gasteiger partial charge in [-0.15, -0.1) is 0 Å². The van der Waals surface area contributed by atoms with Gasteiger partial charge in [-0.3, -0.25) is 4.98 Å². The Morgan fingerprint density at radius 2 is 2.27 bits per heavy atom. The average Bonchev–Trinajstić information content (AvgIpc) is 2.15. The number of pyridine rings is 1. The van der Waals surface area contributed by atoms with E-state index in [9.17, 15) is 13.6 Å². The van der Waals surface area contributed by atoms with E-state index in [1.807, 2.05) is 0 Å². The number of halogens is 3. The molecule has 1 aromatic heterocycles. The molecule has 0 radical (unpaired) electrons. The van der Waals surface area contributed by atoms with Gasteiger partial charge in [-0.1, -0.05) is 0 Å². The predicted molar refractivity (Wildman–Crippen MR) is 50.4 cm³/mol. The van der Waals surface area contributed by atoms with Crippen LogP contribution in [0.25, 0.3) is 0 Å². The van der Waals surface area contributed by atoms with E-state index in [1.54, 1.807) is 0 Å². The number of hydrogen-bond donors (Lipinski definition) is 1. The number of alkyl halides is 2. The molecule has 1 rings (SSSR count). The van der Waals surface area contributed by atoms with E-state index in [0.29, 0.717) is 0 Å². The van der Waals surface area contributed by atoms with Gasteiger partial charge >= 0.3 is 5.97 Å². The third-order valence-electron chi connectivity index (χ3n) is 1.64. The molecule has 0 atom stereocenters. The number of aromatic nitrogens is 1. The molecule has 0 aliphatic rings. The number of carboxylic acids is 1. The summed E-state index contributed by atoms with van der Waals surface area (Å²) in [6, 6.07) is 0. The molecular formula is C8H6BrF2NO3. The van der Waals surface area contributed by atoms with Crippen LogP contribution in [0.3, 0.4) is 0 Å². The summed E-state index contributed by atoms with van der Waals surface area (Å²) in [6.45, 7) is 0. The minimum Gasteiger partial charge on any atom is -0.494 e. The average molecular weight is 282 g/mol. The lowest BCUT2D eigenvalue weighted by Crippen LogP contribution is -2.06. The van der Waals surface area contributed by atoms with Crippen LogP contribution in [0.1, 0.15) is 22.5 Å². The first-order valence-corrected chi connectivity index (χ1v) is 4.52. The fraction of sp³-hybridized carbons (Fsp3) is 0.250. The van der Waals surface area contributed by atoms with Crippen LogP contribution in [-0.4, -0.2) is 23.2 Å².